The van der Waals surface area contributed by atoms with Gasteiger partial charge in [-0.3, -0.25) is 0 Å². The molecule has 4 N–H and O–H groups in total. The zero-order valence-electron chi connectivity index (χ0n) is 28.3. The number of nitrogens with two attached hydrogens (primary N) is 1. The van der Waals surface area contributed by atoms with Crippen LogP contribution in [-0.4, -0.2) is 40.0 Å². The van der Waals surface area contributed by atoms with E-state index in [1.165, 1.54) is 101 Å². The quantitative estimate of drug-likeness (QED) is 0.0995. The molecule has 0 aliphatic carbocycles. The average molecular weight is 1490 g/mol. The van der Waals surface area contributed by atoms with E-state index in [4.69, 9.17) is 15.0 Å². The number of aromatic nitrogens is 2. The molecular weight excluding hydrogens is 1470 g/mol. The zero-order valence-corrected chi connectivity index (χ0v) is 63.4. The molecule has 5 atom stereocenters. The van der Waals surface area contributed by atoms with Crippen molar-refractivity contribution in [3.8, 4) is 0 Å². The number of aliphatic hydroxyl groups excluding tert-OH is 1. The Kier molecular flexibility index (Phi) is 54.4. The van der Waals surface area contributed by atoms with Crippen LogP contribution in [0.5, 0.6) is 0 Å². The van der Waals surface area contributed by atoms with Gasteiger partial charge in [-0.2, -0.15) is 0 Å². The molecule has 1 fully saturated rings. The van der Waals surface area contributed by atoms with Crippen molar-refractivity contribution in [1.29, 1.82) is 0 Å². The van der Waals surface area contributed by atoms with Crippen molar-refractivity contribution in [2.24, 2.45) is 5.73 Å². The second kappa shape index (κ2) is 49.1. The maximum absolute atomic E-state index is 12.4. The van der Waals surface area contributed by atoms with Gasteiger partial charge in [-0.25, -0.2) is 0 Å². The molecule has 1 saturated heterocycles. The number of hydrogen-bond donors (Lipinski definition) is 3. The third-order valence-corrected chi connectivity index (χ3v) is 123. The van der Waals surface area contributed by atoms with Crippen LogP contribution in [0.2, 0.25) is 0 Å². The number of aliphatic hydroxyl groups is 1. The van der Waals surface area contributed by atoms with Crippen LogP contribution in [0.3, 0.4) is 0 Å². The molecule has 0 radical (unpaired) electrons. The average Bonchev–Trinajstić information content (AvgIpc) is 3.60. The van der Waals surface area contributed by atoms with Crippen molar-refractivity contribution in [2.45, 2.75) is 24.9 Å². The zero-order chi connectivity index (χ0) is 42.4. The summed E-state index contributed by atoms with van der Waals surface area (Å²) in [6.45, 7) is -0.490. The van der Waals surface area contributed by atoms with Crippen molar-refractivity contribution in [1.82, 2.24) is 9.55 Å². The topological polar surface area (TPSA) is 120 Å². The SMILES string of the molecule is NC/C=C/c1cn(C2CC(O)C(COP(#P)P=PP=PP=PP=PP=PP=PP=PP=PP=PP=PP=PP=PP=PP=PP=PP=PP=PP=PP)O2)c(=O)[nH]c1=O. The molecule has 1 aromatic heterocycles. The van der Waals surface area contributed by atoms with E-state index in [0.29, 0.717) is 5.56 Å². The summed E-state index contributed by atoms with van der Waals surface area (Å²) < 4.78 is 13.2. The van der Waals surface area contributed by atoms with E-state index >= 15 is 0 Å². The van der Waals surface area contributed by atoms with E-state index in [-0.39, 0.29) is 19.6 Å². The Morgan fingerprint density at radius 3 is 1.46 bits per heavy atom. The number of nitrogens with one attached hydrogen (secondary N) is 1. The van der Waals surface area contributed by atoms with Crippen molar-refractivity contribution in [3.05, 3.63) is 38.7 Å². The molecule has 59 heavy (non-hydrogen) atoms. The van der Waals surface area contributed by atoms with Crippen molar-refractivity contribution in [2.75, 3.05) is 13.2 Å². The Hall–Kier alpha value is 10.2. The van der Waals surface area contributed by atoms with Crippen LogP contribution in [0.25, 0.3) is 6.08 Å². The molecule has 0 saturated carbocycles. The molecule has 1 aliphatic heterocycles. The van der Waals surface area contributed by atoms with Gasteiger partial charge in [0.05, 0.1) is 0 Å². The van der Waals surface area contributed by atoms with Crippen molar-refractivity contribution < 1.29 is 14.4 Å². The fourth-order valence-corrected chi connectivity index (χ4v) is 158. The van der Waals surface area contributed by atoms with Gasteiger partial charge >= 0.3 is 205 Å². The predicted molar refractivity (Wildman–Crippen MR) is 343 cm³/mol. The first-order valence-electron chi connectivity index (χ1n) is 14.0. The third kappa shape index (κ3) is 38.4. The van der Waals surface area contributed by atoms with Gasteiger partial charge in [0.1, 0.15) is 0 Å². The van der Waals surface area contributed by atoms with Gasteiger partial charge in [0.15, 0.2) is 0 Å². The summed E-state index contributed by atoms with van der Waals surface area (Å²) in [4.78, 5) is 26.8. The van der Waals surface area contributed by atoms with E-state index in [0.717, 1.165) is 7.56 Å². The summed E-state index contributed by atoms with van der Waals surface area (Å²) in [6, 6.07) is 0. The standard InChI is InChI=1S/C12H18N3O5P39/c13-3-1-2-7-5-15(12(18)14-11(7)17)10-4-8(16)9(20-10)6-19-59(22)58-57-56-55-54-53-52-51-50-49-48-47-46-45-44-43-42-41-40-39-38-37-36-35-34-33-32-31-30-29-28-27-26-25-24-23-21/h1-2,5,8-10,16H,3-4,6,13,21H2,(H,14,17,18)/b2-1+. The molecule has 5 unspecified atom stereocenters. The molecule has 0 spiro atoms. The molecule has 306 valence electrons. The molecule has 0 aromatic carbocycles. The molecule has 1 aromatic rings. The van der Waals surface area contributed by atoms with Crippen molar-refractivity contribution >= 4 is 302 Å². The number of rotatable bonds is 22. The van der Waals surface area contributed by atoms with Crippen LogP contribution in [0, 0.1) is 0 Å². The predicted octanol–water partition coefficient (Wildman–Crippen LogP) is 31.7. The van der Waals surface area contributed by atoms with Gasteiger partial charge in [0, 0.05) is 121 Å². The second-order valence-electron chi connectivity index (χ2n) is 8.12. The van der Waals surface area contributed by atoms with Crippen LogP contribution in [0.4, 0.5) is 0 Å². The Morgan fingerprint density at radius 1 is 0.712 bits per heavy atom. The second-order valence-corrected chi connectivity index (χ2v) is 96.4. The fraction of sp³-hybridized carbons (Fsp3) is 0.500. The Bertz CT molecular complexity index is 2210. The monoisotopic (exact) mass is 1490 g/mol. The number of H-pyrrole nitrogens is 1. The van der Waals surface area contributed by atoms with E-state index in [1.807, 2.05) is 0 Å². The third-order valence-electron chi connectivity index (χ3n) is 4.79. The first-order valence-corrected chi connectivity index (χ1v) is 75.7. The van der Waals surface area contributed by atoms with E-state index in [2.05, 4.69) is 22.3 Å². The number of aromatic amines is 1. The van der Waals surface area contributed by atoms with Crippen LogP contribution < -0.4 is 17.0 Å². The van der Waals surface area contributed by atoms with Crippen molar-refractivity contribution in [3.63, 3.8) is 0 Å². The van der Waals surface area contributed by atoms with Gasteiger partial charge in [0.2, 0.25) is 0 Å². The van der Waals surface area contributed by atoms with Crippen LogP contribution in [0.1, 0.15) is 18.2 Å². The molecule has 2 heterocycles. The van der Waals surface area contributed by atoms with Crippen LogP contribution in [0.15, 0.2) is 21.9 Å². The molecule has 0 amide bonds. The summed E-state index contributed by atoms with van der Waals surface area (Å²) in [5, 5.41) is 10.5. The van der Waals surface area contributed by atoms with Gasteiger partial charge < -0.3 is 5.73 Å². The number of hydrogen-bond acceptors (Lipinski definition) is 6. The summed E-state index contributed by atoms with van der Waals surface area (Å²) >= 11 is 0. The van der Waals surface area contributed by atoms with Gasteiger partial charge in [-0.15, -0.1) is 0 Å². The Morgan fingerprint density at radius 2 is 1.08 bits per heavy atom. The van der Waals surface area contributed by atoms with E-state index in [1.54, 1.807) is 186 Å². The van der Waals surface area contributed by atoms with E-state index in [9.17, 15) is 14.7 Å². The van der Waals surface area contributed by atoms with Gasteiger partial charge in [-0.1, -0.05) is 8.93 Å². The minimum absolute atomic E-state index is 0.198. The van der Waals surface area contributed by atoms with E-state index < -0.39 is 36.6 Å². The summed E-state index contributed by atoms with van der Waals surface area (Å²) in [5.74, 6) is 0. The summed E-state index contributed by atoms with van der Waals surface area (Å²) in [7, 11) is 62.2. The number of ether oxygens (including phenoxy) is 1. The molecule has 2 rings (SSSR count). The summed E-state index contributed by atoms with van der Waals surface area (Å²) in [6.07, 6.45) is 2.81. The first-order chi connectivity index (χ1) is 29.0. The number of nitrogens with zero attached hydrogens (tertiary/aromatic N) is 1. The fourth-order valence-electron chi connectivity index (χ4n) is 2.88. The summed E-state index contributed by atoms with van der Waals surface area (Å²) in [5.41, 5.74) is 4.71. The Labute approximate surface area is 404 Å². The maximum atomic E-state index is 12.4. The van der Waals surface area contributed by atoms with Gasteiger partial charge in [0.25, 0.3) is 0 Å². The Balaban J connectivity index is 1.57. The van der Waals surface area contributed by atoms with Crippen LogP contribution in [-0.2, 0) is 9.26 Å². The minimum atomic E-state index is -0.962. The molecular formula is C12H18N3O5P39. The normalized spacial score (nSPS) is 19.6. The molecule has 47 heteroatoms. The molecule has 8 nitrogen and oxygen atoms in total. The first kappa shape index (κ1) is 65.3. The molecule has 1 aliphatic rings. The molecule has 0 bridgehead atoms. The van der Waals surface area contributed by atoms with Crippen LogP contribution >= 0.6 is 296 Å². The van der Waals surface area contributed by atoms with Gasteiger partial charge in [-0.05, 0) is 68.0 Å².